The third-order valence-electron chi connectivity index (χ3n) is 6.00. The Bertz CT molecular complexity index is 666. The van der Waals surface area contributed by atoms with E-state index in [1.54, 1.807) is 0 Å². The van der Waals surface area contributed by atoms with E-state index in [1.165, 1.54) is 0 Å². The van der Waals surface area contributed by atoms with E-state index in [2.05, 4.69) is 0 Å². The molecule has 1 amide bonds. The van der Waals surface area contributed by atoms with Crippen molar-refractivity contribution < 1.29 is 14.3 Å². The van der Waals surface area contributed by atoms with E-state index in [0.717, 1.165) is 25.9 Å². The van der Waals surface area contributed by atoms with E-state index in [4.69, 9.17) is 4.74 Å². The highest BCUT2D eigenvalue weighted by Gasteiger charge is 2.70. The van der Waals surface area contributed by atoms with Gasteiger partial charge in [0.2, 0.25) is 5.91 Å². The minimum atomic E-state index is -0.441. The molecule has 2 saturated carbocycles. The predicted molar refractivity (Wildman–Crippen MR) is 86.4 cm³/mol. The summed E-state index contributed by atoms with van der Waals surface area (Å²) in [5, 5.41) is 0. The second-order valence-corrected chi connectivity index (χ2v) is 7.03. The minimum absolute atomic E-state index is 0.0571. The van der Waals surface area contributed by atoms with Crippen LogP contribution in [0.25, 0.3) is 0 Å². The number of rotatable bonds is 3. The molecule has 2 aliphatic carbocycles. The molecule has 1 spiro atoms. The molecule has 0 saturated heterocycles. The van der Waals surface area contributed by atoms with Gasteiger partial charge in [0, 0.05) is 24.9 Å². The summed E-state index contributed by atoms with van der Waals surface area (Å²) in [4.78, 5) is 27.2. The van der Waals surface area contributed by atoms with Crippen LogP contribution in [-0.2, 0) is 4.79 Å². The molecule has 1 aromatic carbocycles. The van der Waals surface area contributed by atoms with Gasteiger partial charge in [-0.15, -0.1) is 0 Å². The van der Waals surface area contributed by atoms with Gasteiger partial charge in [-0.1, -0.05) is 12.1 Å². The van der Waals surface area contributed by atoms with Crippen LogP contribution in [-0.4, -0.2) is 35.3 Å². The summed E-state index contributed by atoms with van der Waals surface area (Å²) < 4.78 is 6.34. The molecule has 122 valence electrons. The first-order chi connectivity index (χ1) is 11.1. The first kappa shape index (κ1) is 14.7. The Balaban J connectivity index is 1.60. The Kier molecular flexibility index (Phi) is 3.26. The average molecular weight is 313 g/mol. The molecule has 0 bridgehead atoms. The number of carbonyl (C=O) groups is 2. The molecule has 0 radical (unpaired) electrons. The second kappa shape index (κ2) is 5.08. The smallest absolute Gasteiger partial charge is 0.226 e. The van der Waals surface area contributed by atoms with Crippen molar-refractivity contribution >= 4 is 11.7 Å². The Morgan fingerprint density at radius 3 is 2.78 bits per heavy atom. The molecule has 2 fully saturated rings. The summed E-state index contributed by atoms with van der Waals surface area (Å²) in [5.74, 6) is 1.79. The highest BCUT2D eigenvalue weighted by molar-refractivity contribution is 6.00. The van der Waals surface area contributed by atoms with Crippen LogP contribution < -0.4 is 4.74 Å². The monoisotopic (exact) mass is 313 g/mol. The zero-order valence-corrected chi connectivity index (χ0v) is 13.7. The van der Waals surface area contributed by atoms with Gasteiger partial charge in [0.25, 0.3) is 0 Å². The molecule has 4 nitrogen and oxygen atoms in total. The van der Waals surface area contributed by atoms with Crippen molar-refractivity contribution in [1.29, 1.82) is 0 Å². The molecule has 3 aliphatic rings. The van der Waals surface area contributed by atoms with Crippen molar-refractivity contribution in [2.45, 2.75) is 38.7 Å². The van der Waals surface area contributed by atoms with Crippen LogP contribution in [0.4, 0.5) is 0 Å². The average Bonchev–Trinajstić information content (AvgIpc) is 3.20. The third kappa shape index (κ3) is 2.03. The van der Waals surface area contributed by atoms with Gasteiger partial charge in [0.15, 0.2) is 5.78 Å². The predicted octanol–water partition coefficient (Wildman–Crippen LogP) is 2.92. The number of carbonyl (C=O) groups excluding carboxylic acids is 2. The molecule has 4 rings (SSSR count). The molecule has 1 aromatic rings. The minimum Gasteiger partial charge on any atom is -0.486 e. The number of hydrogen-bond acceptors (Lipinski definition) is 3. The molecular formula is C19H23NO3. The van der Waals surface area contributed by atoms with Gasteiger partial charge in [-0.3, -0.25) is 9.59 Å². The fraction of sp³-hybridized carbons (Fsp3) is 0.579. The third-order valence-corrected chi connectivity index (χ3v) is 6.00. The quantitative estimate of drug-likeness (QED) is 0.862. The fourth-order valence-electron chi connectivity index (χ4n) is 4.84. The summed E-state index contributed by atoms with van der Waals surface area (Å²) >= 11 is 0. The zero-order valence-electron chi connectivity index (χ0n) is 13.7. The lowest BCUT2D eigenvalue weighted by Gasteiger charge is -2.37. The van der Waals surface area contributed by atoms with Crippen LogP contribution >= 0.6 is 0 Å². The van der Waals surface area contributed by atoms with Crippen molar-refractivity contribution in [1.82, 2.24) is 4.90 Å². The van der Waals surface area contributed by atoms with Crippen molar-refractivity contribution in [2.24, 2.45) is 17.8 Å². The number of benzene rings is 1. The highest BCUT2D eigenvalue weighted by Crippen LogP contribution is 2.66. The number of nitrogens with zero attached hydrogens (tertiary/aromatic N) is 1. The van der Waals surface area contributed by atoms with Gasteiger partial charge in [-0.2, -0.15) is 0 Å². The van der Waals surface area contributed by atoms with Crippen molar-refractivity contribution in [3.8, 4) is 5.75 Å². The molecule has 1 aliphatic heterocycles. The summed E-state index contributed by atoms with van der Waals surface area (Å²) in [6.07, 6.45) is 2.31. The lowest BCUT2D eigenvalue weighted by Crippen LogP contribution is -2.45. The van der Waals surface area contributed by atoms with Crippen LogP contribution in [0.3, 0.4) is 0 Å². The number of amides is 1. The van der Waals surface area contributed by atoms with Gasteiger partial charge < -0.3 is 9.64 Å². The van der Waals surface area contributed by atoms with E-state index < -0.39 is 5.60 Å². The van der Waals surface area contributed by atoms with E-state index in [9.17, 15) is 9.59 Å². The highest BCUT2D eigenvalue weighted by atomic mass is 16.5. The SMILES string of the molecule is CCN(CC)C(=O)C1C2CCC3(CC(=O)c4ccccc4O3)C21. The van der Waals surface area contributed by atoms with Gasteiger partial charge in [0.1, 0.15) is 11.4 Å². The molecule has 4 heteroatoms. The standard InChI is InChI=1S/C19H23NO3/c1-3-20(4-2)18(22)16-13-9-10-19(17(13)16)11-14(21)12-7-5-6-8-15(12)23-19/h5-8,13,16-17H,3-4,9-11H2,1-2H3. The molecular weight excluding hydrogens is 290 g/mol. The Morgan fingerprint density at radius 1 is 1.30 bits per heavy atom. The molecule has 0 N–H and O–H groups in total. The number of para-hydroxylation sites is 1. The zero-order chi connectivity index (χ0) is 16.2. The maximum Gasteiger partial charge on any atom is 0.226 e. The summed E-state index contributed by atoms with van der Waals surface area (Å²) in [5.41, 5.74) is 0.248. The maximum atomic E-state index is 12.7. The Morgan fingerprint density at radius 2 is 2.04 bits per heavy atom. The number of fused-ring (bicyclic) bond motifs is 3. The summed E-state index contributed by atoms with van der Waals surface area (Å²) in [7, 11) is 0. The molecule has 4 atom stereocenters. The lowest BCUT2D eigenvalue weighted by molar-refractivity contribution is -0.134. The van der Waals surface area contributed by atoms with E-state index in [0.29, 0.717) is 23.7 Å². The molecule has 0 aromatic heterocycles. The summed E-state index contributed by atoms with van der Waals surface area (Å²) in [6, 6.07) is 7.50. The Hall–Kier alpha value is -1.84. The number of Topliss-reactive ketones (excluding diaryl/α,β-unsaturated/α-hetero) is 1. The van der Waals surface area contributed by atoms with Gasteiger partial charge >= 0.3 is 0 Å². The first-order valence-electron chi connectivity index (χ1n) is 8.71. The van der Waals surface area contributed by atoms with Crippen LogP contribution in [0.1, 0.15) is 43.5 Å². The lowest BCUT2D eigenvalue weighted by atomic mass is 9.84. The van der Waals surface area contributed by atoms with Crippen LogP contribution in [0.5, 0.6) is 5.75 Å². The van der Waals surface area contributed by atoms with E-state index in [-0.39, 0.29) is 23.5 Å². The first-order valence-corrected chi connectivity index (χ1v) is 8.71. The molecule has 4 unspecified atom stereocenters. The number of ketones is 1. The van der Waals surface area contributed by atoms with Gasteiger partial charge in [-0.25, -0.2) is 0 Å². The van der Waals surface area contributed by atoms with Gasteiger partial charge in [0.05, 0.1) is 12.0 Å². The topological polar surface area (TPSA) is 46.6 Å². The summed E-state index contributed by atoms with van der Waals surface area (Å²) in [6.45, 7) is 5.54. The van der Waals surface area contributed by atoms with Crippen LogP contribution in [0, 0.1) is 17.8 Å². The number of hydrogen-bond donors (Lipinski definition) is 0. The van der Waals surface area contributed by atoms with Crippen molar-refractivity contribution in [2.75, 3.05) is 13.1 Å². The van der Waals surface area contributed by atoms with E-state index >= 15 is 0 Å². The molecule has 1 heterocycles. The normalized spacial score (nSPS) is 33.8. The van der Waals surface area contributed by atoms with Crippen molar-refractivity contribution in [3.63, 3.8) is 0 Å². The van der Waals surface area contributed by atoms with Crippen LogP contribution in [0.15, 0.2) is 24.3 Å². The largest absolute Gasteiger partial charge is 0.486 e. The fourth-order valence-corrected chi connectivity index (χ4v) is 4.84. The second-order valence-electron chi connectivity index (χ2n) is 7.03. The molecule has 23 heavy (non-hydrogen) atoms. The maximum absolute atomic E-state index is 12.7. The van der Waals surface area contributed by atoms with Crippen molar-refractivity contribution in [3.05, 3.63) is 29.8 Å². The number of ether oxygens (including phenoxy) is 1. The van der Waals surface area contributed by atoms with Crippen LogP contribution in [0.2, 0.25) is 0 Å². The van der Waals surface area contributed by atoms with Gasteiger partial charge in [-0.05, 0) is 44.7 Å². The Labute approximate surface area is 136 Å². The van der Waals surface area contributed by atoms with E-state index in [1.807, 2.05) is 43.0 Å².